The molecule has 1 aromatic heterocycles. The maximum Gasteiger partial charge on any atom is 0.254 e. The molecule has 1 aliphatic rings. The smallest absolute Gasteiger partial charge is 0.254 e. The standard InChI is InChI=1S/C20H26N4O2/c1-14-11-15(2)22-19(21-14)18-13-24(9-10-26-18)20(25)17-7-5-16(6-8-17)12-23(3)4/h5-8,11,18H,9-10,12-13H2,1-4H3/t18-/m0/s1. The minimum absolute atomic E-state index is 0.0269. The molecule has 0 unspecified atom stereocenters. The van der Waals surface area contributed by atoms with Crippen LogP contribution >= 0.6 is 0 Å². The maximum absolute atomic E-state index is 12.9. The molecule has 0 bridgehead atoms. The Bertz CT molecular complexity index is 754. The number of hydrogen-bond donors (Lipinski definition) is 0. The zero-order chi connectivity index (χ0) is 18.7. The SMILES string of the molecule is Cc1cc(C)nc([C@@H]2CN(C(=O)c3ccc(CN(C)C)cc3)CCO2)n1. The summed E-state index contributed by atoms with van der Waals surface area (Å²) in [6, 6.07) is 9.76. The molecule has 6 nitrogen and oxygen atoms in total. The number of rotatable bonds is 4. The molecule has 1 aromatic carbocycles. The van der Waals surface area contributed by atoms with Crippen LogP contribution in [0.25, 0.3) is 0 Å². The molecule has 2 heterocycles. The van der Waals surface area contributed by atoms with E-state index in [1.807, 2.05) is 63.2 Å². The van der Waals surface area contributed by atoms with E-state index < -0.39 is 0 Å². The first-order valence-corrected chi connectivity index (χ1v) is 8.89. The molecule has 1 saturated heterocycles. The van der Waals surface area contributed by atoms with E-state index in [1.54, 1.807) is 0 Å². The summed E-state index contributed by atoms with van der Waals surface area (Å²) in [5, 5.41) is 0. The van der Waals surface area contributed by atoms with Gasteiger partial charge < -0.3 is 14.5 Å². The molecule has 1 aliphatic heterocycles. The molecule has 138 valence electrons. The lowest BCUT2D eigenvalue weighted by molar-refractivity contribution is -0.0269. The number of aryl methyl sites for hydroxylation is 2. The first-order chi connectivity index (χ1) is 12.4. The Labute approximate surface area is 154 Å². The largest absolute Gasteiger partial charge is 0.367 e. The number of amides is 1. The summed E-state index contributed by atoms with van der Waals surface area (Å²) in [6.07, 6.45) is -0.278. The summed E-state index contributed by atoms with van der Waals surface area (Å²) in [6.45, 7) is 6.29. The predicted octanol–water partition coefficient (Wildman–Crippen LogP) is 2.37. The molecule has 1 amide bonds. The zero-order valence-electron chi connectivity index (χ0n) is 15.9. The molecule has 0 aliphatic carbocycles. The highest BCUT2D eigenvalue weighted by Crippen LogP contribution is 2.21. The number of hydrogen-bond acceptors (Lipinski definition) is 5. The first kappa shape index (κ1) is 18.5. The third-order valence-corrected chi connectivity index (χ3v) is 4.34. The Kier molecular flexibility index (Phi) is 5.64. The predicted molar refractivity (Wildman–Crippen MR) is 99.9 cm³/mol. The normalized spacial score (nSPS) is 17.6. The second-order valence-corrected chi connectivity index (χ2v) is 7.05. The molecule has 0 radical (unpaired) electrons. The average molecular weight is 354 g/mol. The van der Waals surface area contributed by atoms with E-state index in [1.165, 1.54) is 5.56 Å². The van der Waals surface area contributed by atoms with Gasteiger partial charge in [-0.25, -0.2) is 9.97 Å². The summed E-state index contributed by atoms with van der Waals surface area (Å²) < 4.78 is 5.83. The van der Waals surface area contributed by atoms with Gasteiger partial charge in [0.15, 0.2) is 5.82 Å². The molecular weight excluding hydrogens is 328 g/mol. The van der Waals surface area contributed by atoms with Gasteiger partial charge in [0.25, 0.3) is 5.91 Å². The minimum atomic E-state index is -0.278. The molecule has 0 saturated carbocycles. The van der Waals surface area contributed by atoms with Gasteiger partial charge in [0.05, 0.1) is 13.2 Å². The lowest BCUT2D eigenvalue weighted by Gasteiger charge is -2.32. The lowest BCUT2D eigenvalue weighted by atomic mass is 10.1. The number of benzene rings is 1. The summed E-state index contributed by atoms with van der Waals surface area (Å²) >= 11 is 0. The number of ether oxygens (including phenoxy) is 1. The molecule has 3 rings (SSSR count). The Morgan fingerprint density at radius 1 is 1.19 bits per heavy atom. The fourth-order valence-corrected chi connectivity index (χ4v) is 3.19. The zero-order valence-corrected chi connectivity index (χ0v) is 15.9. The molecule has 1 fully saturated rings. The van der Waals surface area contributed by atoms with Crippen LogP contribution in [0.5, 0.6) is 0 Å². The van der Waals surface area contributed by atoms with Gasteiger partial charge in [0.1, 0.15) is 6.10 Å². The maximum atomic E-state index is 12.9. The van der Waals surface area contributed by atoms with Crippen LogP contribution in [0.4, 0.5) is 0 Å². The van der Waals surface area contributed by atoms with Gasteiger partial charge in [0.2, 0.25) is 0 Å². The molecule has 1 atom stereocenters. The highest BCUT2D eigenvalue weighted by Gasteiger charge is 2.28. The van der Waals surface area contributed by atoms with Crippen molar-refractivity contribution in [3.8, 4) is 0 Å². The van der Waals surface area contributed by atoms with E-state index in [9.17, 15) is 4.79 Å². The van der Waals surface area contributed by atoms with E-state index in [2.05, 4.69) is 14.9 Å². The van der Waals surface area contributed by atoms with Crippen molar-refractivity contribution in [2.45, 2.75) is 26.5 Å². The van der Waals surface area contributed by atoms with Crippen molar-refractivity contribution in [1.29, 1.82) is 0 Å². The van der Waals surface area contributed by atoms with Crippen LogP contribution in [0.3, 0.4) is 0 Å². The van der Waals surface area contributed by atoms with Gasteiger partial charge in [-0.15, -0.1) is 0 Å². The minimum Gasteiger partial charge on any atom is -0.367 e. The van der Waals surface area contributed by atoms with Crippen LogP contribution in [-0.2, 0) is 11.3 Å². The number of aromatic nitrogens is 2. The van der Waals surface area contributed by atoms with Crippen LogP contribution in [0, 0.1) is 13.8 Å². The number of carbonyl (C=O) groups is 1. The first-order valence-electron chi connectivity index (χ1n) is 8.89. The van der Waals surface area contributed by atoms with Gasteiger partial charge in [0, 0.05) is 30.0 Å². The van der Waals surface area contributed by atoms with E-state index >= 15 is 0 Å². The Balaban J connectivity index is 1.71. The fraction of sp³-hybridized carbons (Fsp3) is 0.450. The van der Waals surface area contributed by atoms with Crippen molar-refractivity contribution < 1.29 is 9.53 Å². The van der Waals surface area contributed by atoms with Crippen molar-refractivity contribution in [2.24, 2.45) is 0 Å². The van der Waals surface area contributed by atoms with Crippen molar-refractivity contribution in [3.63, 3.8) is 0 Å². The summed E-state index contributed by atoms with van der Waals surface area (Å²) in [7, 11) is 4.06. The van der Waals surface area contributed by atoms with Crippen LogP contribution in [-0.4, -0.2) is 59.5 Å². The monoisotopic (exact) mass is 354 g/mol. The summed E-state index contributed by atoms with van der Waals surface area (Å²) in [4.78, 5) is 25.8. The number of carbonyl (C=O) groups excluding carboxylic acids is 1. The fourth-order valence-electron chi connectivity index (χ4n) is 3.19. The molecule has 2 aromatic rings. The van der Waals surface area contributed by atoms with Crippen LogP contribution in [0.15, 0.2) is 30.3 Å². The third kappa shape index (κ3) is 4.45. The Morgan fingerprint density at radius 3 is 2.46 bits per heavy atom. The lowest BCUT2D eigenvalue weighted by Crippen LogP contribution is -2.42. The quantitative estimate of drug-likeness (QED) is 0.844. The van der Waals surface area contributed by atoms with Crippen LogP contribution in [0.2, 0.25) is 0 Å². The van der Waals surface area contributed by atoms with Gasteiger partial charge in [-0.1, -0.05) is 12.1 Å². The number of nitrogens with zero attached hydrogens (tertiary/aromatic N) is 4. The van der Waals surface area contributed by atoms with Crippen molar-refractivity contribution in [2.75, 3.05) is 33.8 Å². The van der Waals surface area contributed by atoms with E-state index in [4.69, 9.17) is 4.74 Å². The van der Waals surface area contributed by atoms with Gasteiger partial charge >= 0.3 is 0 Å². The molecule has 6 heteroatoms. The van der Waals surface area contributed by atoms with Crippen LogP contribution in [0.1, 0.15) is 39.2 Å². The van der Waals surface area contributed by atoms with E-state index in [-0.39, 0.29) is 12.0 Å². The third-order valence-electron chi connectivity index (χ3n) is 4.34. The van der Waals surface area contributed by atoms with Crippen molar-refractivity contribution in [3.05, 3.63) is 58.7 Å². The average Bonchev–Trinajstić information content (AvgIpc) is 2.60. The summed E-state index contributed by atoms with van der Waals surface area (Å²) in [5.74, 6) is 0.681. The molecule has 26 heavy (non-hydrogen) atoms. The summed E-state index contributed by atoms with van der Waals surface area (Å²) in [5.41, 5.74) is 3.72. The van der Waals surface area contributed by atoms with Gasteiger partial charge in [-0.3, -0.25) is 4.79 Å². The van der Waals surface area contributed by atoms with E-state index in [0.717, 1.165) is 17.9 Å². The highest BCUT2D eigenvalue weighted by molar-refractivity contribution is 5.94. The number of morpholine rings is 1. The van der Waals surface area contributed by atoms with Crippen LogP contribution < -0.4 is 0 Å². The van der Waals surface area contributed by atoms with Gasteiger partial charge in [-0.2, -0.15) is 0 Å². The van der Waals surface area contributed by atoms with Gasteiger partial charge in [-0.05, 0) is 51.7 Å². The van der Waals surface area contributed by atoms with E-state index in [0.29, 0.717) is 31.1 Å². The van der Waals surface area contributed by atoms with Crippen molar-refractivity contribution in [1.82, 2.24) is 19.8 Å². The second-order valence-electron chi connectivity index (χ2n) is 7.05. The molecule has 0 spiro atoms. The highest BCUT2D eigenvalue weighted by atomic mass is 16.5. The Morgan fingerprint density at radius 2 is 1.85 bits per heavy atom. The molecular formula is C20H26N4O2. The Hall–Kier alpha value is -2.31. The molecule has 0 N–H and O–H groups in total. The topological polar surface area (TPSA) is 58.6 Å². The second kappa shape index (κ2) is 7.93. The van der Waals surface area contributed by atoms with Crippen molar-refractivity contribution >= 4 is 5.91 Å².